The second-order valence-electron chi connectivity index (χ2n) is 9.09. The Kier molecular flexibility index (Phi) is 7.50. The van der Waals surface area contributed by atoms with E-state index in [0.717, 1.165) is 23.3 Å². The number of benzene rings is 2. The highest BCUT2D eigenvalue weighted by Gasteiger charge is 2.43. The number of rotatable bonds is 5. The molecule has 5 nitrogen and oxygen atoms in total. The lowest BCUT2D eigenvalue weighted by molar-refractivity contribution is -0.186. The maximum atomic E-state index is 12.8. The van der Waals surface area contributed by atoms with Crippen molar-refractivity contribution in [2.75, 3.05) is 19.6 Å². The molecule has 2 aliphatic heterocycles. The minimum absolute atomic E-state index is 0.0121. The van der Waals surface area contributed by atoms with Crippen LogP contribution in [0.2, 0.25) is 5.02 Å². The minimum atomic E-state index is -4.92. The molecule has 2 aliphatic rings. The van der Waals surface area contributed by atoms with Gasteiger partial charge in [0.25, 0.3) is 0 Å². The topological polar surface area (TPSA) is 57.7 Å². The lowest BCUT2D eigenvalue weighted by Gasteiger charge is -2.32. The van der Waals surface area contributed by atoms with Crippen molar-refractivity contribution in [3.63, 3.8) is 0 Å². The third-order valence-corrected chi connectivity index (χ3v) is 7.08. The van der Waals surface area contributed by atoms with Crippen molar-refractivity contribution in [2.24, 2.45) is 0 Å². The van der Waals surface area contributed by atoms with E-state index in [9.17, 15) is 27.6 Å². The fourth-order valence-corrected chi connectivity index (χ4v) is 4.93. The van der Waals surface area contributed by atoms with Gasteiger partial charge in [0.1, 0.15) is 0 Å². The third kappa shape index (κ3) is 6.04. The number of carbonyl (C=O) groups excluding carboxylic acids is 3. The number of amides is 2. The van der Waals surface area contributed by atoms with Gasteiger partial charge < -0.3 is 9.80 Å². The van der Waals surface area contributed by atoms with Crippen molar-refractivity contribution in [1.29, 1.82) is 0 Å². The molecule has 1 saturated heterocycles. The number of alkyl halides is 3. The van der Waals surface area contributed by atoms with Crippen LogP contribution >= 0.6 is 11.6 Å². The average molecular weight is 507 g/mol. The summed E-state index contributed by atoms with van der Waals surface area (Å²) < 4.78 is 38.3. The number of nitrogens with zero attached hydrogens (tertiary/aromatic N) is 2. The summed E-state index contributed by atoms with van der Waals surface area (Å²) in [4.78, 5) is 39.5. The fourth-order valence-electron chi connectivity index (χ4n) is 4.80. The molecule has 0 saturated carbocycles. The van der Waals surface area contributed by atoms with Gasteiger partial charge in [-0.2, -0.15) is 13.2 Å². The first-order valence-corrected chi connectivity index (χ1v) is 12.0. The Hall–Kier alpha value is -2.87. The van der Waals surface area contributed by atoms with Crippen LogP contribution < -0.4 is 0 Å². The first kappa shape index (κ1) is 25.2. The standard InChI is InChI=1S/C26H26ClF3N2O3/c27-22-5-3-17(4-6-22)19-9-12-31(13-10-19)24(34)8-7-23(33)20-2-1-18-11-14-32(16-21(18)15-20)25(35)26(28,29)30/h1-6,15,19H,7-14,16H2. The molecule has 0 radical (unpaired) electrons. The normalized spacial score (nSPS) is 16.7. The van der Waals surface area contributed by atoms with E-state index >= 15 is 0 Å². The Morgan fingerprint density at radius 2 is 1.57 bits per heavy atom. The van der Waals surface area contributed by atoms with Crippen molar-refractivity contribution in [1.82, 2.24) is 9.80 Å². The summed E-state index contributed by atoms with van der Waals surface area (Å²) in [5.74, 6) is -1.81. The van der Waals surface area contributed by atoms with E-state index in [4.69, 9.17) is 11.6 Å². The van der Waals surface area contributed by atoms with Crippen LogP contribution in [0.15, 0.2) is 42.5 Å². The highest BCUT2D eigenvalue weighted by atomic mass is 35.5. The summed E-state index contributed by atoms with van der Waals surface area (Å²) >= 11 is 5.95. The van der Waals surface area contributed by atoms with Gasteiger partial charge in [-0.3, -0.25) is 14.4 Å². The summed E-state index contributed by atoms with van der Waals surface area (Å²) in [5.41, 5.74) is 2.92. The molecule has 0 unspecified atom stereocenters. The van der Waals surface area contributed by atoms with Gasteiger partial charge in [-0.05, 0) is 60.1 Å². The maximum absolute atomic E-state index is 12.8. The van der Waals surface area contributed by atoms with Crippen LogP contribution in [0, 0.1) is 0 Å². The van der Waals surface area contributed by atoms with Crippen LogP contribution in [0.5, 0.6) is 0 Å². The predicted molar refractivity (Wildman–Crippen MR) is 125 cm³/mol. The lowest BCUT2D eigenvalue weighted by atomic mass is 9.89. The van der Waals surface area contributed by atoms with Gasteiger partial charge >= 0.3 is 12.1 Å². The highest BCUT2D eigenvalue weighted by Crippen LogP contribution is 2.30. The molecule has 0 bridgehead atoms. The van der Waals surface area contributed by atoms with Crippen LogP contribution in [0.4, 0.5) is 13.2 Å². The molecule has 0 aromatic heterocycles. The molecule has 0 spiro atoms. The number of likely N-dealkylation sites (tertiary alicyclic amines) is 1. The largest absolute Gasteiger partial charge is 0.471 e. The van der Waals surface area contributed by atoms with Crippen molar-refractivity contribution in [3.05, 3.63) is 69.7 Å². The second kappa shape index (κ2) is 10.4. The van der Waals surface area contributed by atoms with Crippen molar-refractivity contribution >= 4 is 29.2 Å². The molecule has 0 atom stereocenters. The molecule has 35 heavy (non-hydrogen) atoms. The highest BCUT2D eigenvalue weighted by molar-refractivity contribution is 6.30. The van der Waals surface area contributed by atoms with Crippen molar-refractivity contribution in [3.8, 4) is 0 Å². The van der Waals surface area contributed by atoms with Gasteiger partial charge in [0.05, 0.1) is 0 Å². The van der Waals surface area contributed by atoms with Crippen LogP contribution in [0.3, 0.4) is 0 Å². The Morgan fingerprint density at radius 3 is 2.23 bits per heavy atom. The maximum Gasteiger partial charge on any atom is 0.471 e. The predicted octanol–water partition coefficient (Wildman–Crippen LogP) is 5.16. The summed E-state index contributed by atoms with van der Waals surface area (Å²) in [5, 5.41) is 0.692. The number of fused-ring (bicyclic) bond motifs is 1. The number of ketones is 1. The molecule has 2 aromatic carbocycles. The molecule has 0 N–H and O–H groups in total. The molecule has 1 fully saturated rings. The Balaban J connectivity index is 1.29. The summed E-state index contributed by atoms with van der Waals surface area (Å²) in [6.45, 7) is 1.06. The number of hydrogen-bond donors (Lipinski definition) is 0. The van der Waals surface area contributed by atoms with Gasteiger partial charge in [-0.1, -0.05) is 35.9 Å². The van der Waals surface area contributed by atoms with E-state index in [1.807, 2.05) is 24.3 Å². The number of Topliss-reactive ketones (excluding diaryl/α,β-unsaturated/α-hetero) is 1. The number of carbonyl (C=O) groups is 3. The number of hydrogen-bond acceptors (Lipinski definition) is 3. The molecular weight excluding hydrogens is 481 g/mol. The zero-order chi connectivity index (χ0) is 25.2. The first-order valence-electron chi connectivity index (χ1n) is 11.7. The first-order chi connectivity index (χ1) is 16.6. The SMILES string of the molecule is O=C(CCC(=O)N1CCC(c2ccc(Cl)cc2)CC1)c1ccc2c(c1)CN(C(=O)C(F)(F)F)CC2. The molecule has 9 heteroatoms. The van der Waals surface area contributed by atoms with Crippen LogP contribution in [0.1, 0.15) is 58.6 Å². The van der Waals surface area contributed by atoms with E-state index in [2.05, 4.69) is 0 Å². The van der Waals surface area contributed by atoms with Crippen LogP contribution in [-0.4, -0.2) is 53.2 Å². The van der Waals surface area contributed by atoms with E-state index in [0.29, 0.717) is 41.6 Å². The molecule has 2 amide bonds. The van der Waals surface area contributed by atoms with Gasteiger partial charge in [0.15, 0.2) is 5.78 Å². The van der Waals surface area contributed by atoms with E-state index in [1.54, 1.807) is 23.1 Å². The zero-order valence-electron chi connectivity index (χ0n) is 19.1. The number of halogens is 4. The monoisotopic (exact) mass is 506 g/mol. The van der Waals surface area contributed by atoms with E-state index in [-0.39, 0.29) is 37.6 Å². The smallest absolute Gasteiger partial charge is 0.343 e. The number of piperidine rings is 1. The molecule has 2 heterocycles. The van der Waals surface area contributed by atoms with Crippen LogP contribution in [0.25, 0.3) is 0 Å². The van der Waals surface area contributed by atoms with Gasteiger partial charge in [-0.15, -0.1) is 0 Å². The van der Waals surface area contributed by atoms with Gasteiger partial charge in [0.2, 0.25) is 5.91 Å². The molecule has 0 aliphatic carbocycles. The fraction of sp³-hybridized carbons (Fsp3) is 0.423. The van der Waals surface area contributed by atoms with Crippen molar-refractivity contribution < 1.29 is 27.6 Å². The Bertz CT molecular complexity index is 1110. The minimum Gasteiger partial charge on any atom is -0.343 e. The van der Waals surface area contributed by atoms with Crippen LogP contribution in [-0.2, 0) is 22.6 Å². The summed E-state index contributed by atoms with van der Waals surface area (Å²) in [6.07, 6.45) is -2.82. The summed E-state index contributed by atoms with van der Waals surface area (Å²) in [7, 11) is 0. The zero-order valence-corrected chi connectivity index (χ0v) is 19.9. The second-order valence-corrected chi connectivity index (χ2v) is 9.52. The Morgan fingerprint density at radius 1 is 0.886 bits per heavy atom. The van der Waals surface area contributed by atoms with Gasteiger partial charge in [-0.25, -0.2) is 0 Å². The molecule has 2 aromatic rings. The molecule has 4 rings (SSSR count). The quantitative estimate of drug-likeness (QED) is 0.527. The third-order valence-electron chi connectivity index (χ3n) is 6.83. The average Bonchev–Trinajstić information content (AvgIpc) is 2.86. The van der Waals surface area contributed by atoms with E-state index < -0.39 is 12.1 Å². The van der Waals surface area contributed by atoms with E-state index in [1.165, 1.54) is 5.56 Å². The van der Waals surface area contributed by atoms with Gasteiger partial charge in [0, 0.05) is 49.6 Å². The molecule has 186 valence electrons. The lowest BCUT2D eigenvalue weighted by Crippen LogP contribution is -2.43. The Labute approximate surface area is 206 Å². The molecular formula is C26H26ClF3N2O3. The summed E-state index contributed by atoms with van der Waals surface area (Å²) in [6, 6.07) is 12.7. The van der Waals surface area contributed by atoms with Crippen molar-refractivity contribution in [2.45, 2.75) is 50.7 Å².